The van der Waals surface area contributed by atoms with E-state index < -0.39 is 0 Å². The molecule has 0 saturated carbocycles. The molecule has 0 aliphatic rings. The van der Waals surface area contributed by atoms with Crippen LogP contribution >= 0.6 is 23.4 Å². The maximum Gasteiger partial charge on any atom is 0.177 e. The van der Waals surface area contributed by atoms with E-state index in [1.807, 2.05) is 30.3 Å². The minimum Gasteiger partial charge on any atom is -0.340 e. The summed E-state index contributed by atoms with van der Waals surface area (Å²) < 4.78 is 0. The van der Waals surface area contributed by atoms with Gasteiger partial charge in [-0.2, -0.15) is 0 Å². The van der Waals surface area contributed by atoms with Crippen molar-refractivity contribution in [2.75, 3.05) is 0 Å². The van der Waals surface area contributed by atoms with Gasteiger partial charge in [0.2, 0.25) is 0 Å². The van der Waals surface area contributed by atoms with Crippen molar-refractivity contribution in [3.8, 4) is 0 Å². The molecule has 0 spiro atoms. The lowest BCUT2D eigenvalue weighted by Crippen LogP contribution is -1.83. The first-order valence-electron chi connectivity index (χ1n) is 5.91. The van der Waals surface area contributed by atoms with Crippen LogP contribution in [0, 0.1) is 6.92 Å². The predicted molar refractivity (Wildman–Crippen MR) is 79.6 cm³/mol. The van der Waals surface area contributed by atoms with Crippen LogP contribution < -0.4 is 0 Å². The van der Waals surface area contributed by atoms with Gasteiger partial charge in [-0.3, -0.25) is 0 Å². The third kappa shape index (κ3) is 2.74. The Morgan fingerprint density at radius 2 is 2.21 bits per heavy atom. The summed E-state index contributed by atoms with van der Waals surface area (Å²) in [5.74, 6) is 1.71. The SMILES string of the molecule is Cc1ccnc2nc(CSc3cccc(Cl)c3)[nH]c12. The number of benzene rings is 1. The van der Waals surface area contributed by atoms with Gasteiger partial charge < -0.3 is 4.98 Å². The third-order valence-corrected chi connectivity index (χ3v) is 4.06. The molecule has 0 saturated heterocycles. The van der Waals surface area contributed by atoms with Crippen LogP contribution in [0.25, 0.3) is 11.2 Å². The fourth-order valence-corrected chi connectivity index (χ4v) is 2.94. The second-order valence-corrected chi connectivity index (χ2v) is 5.74. The highest BCUT2D eigenvalue weighted by atomic mass is 35.5. The largest absolute Gasteiger partial charge is 0.340 e. The van der Waals surface area contributed by atoms with Crippen molar-refractivity contribution in [1.82, 2.24) is 15.0 Å². The Kier molecular flexibility index (Phi) is 3.44. The number of aromatic nitrogens is 3. The molecular weight excluding hydrogens is 278 g/mol. The van der Waals surface area contributed by atoms with E-state index in [4.69, 9.17) is 11.6 Å². The summed E-state index contributed by atoms with van der Waals surface area (Å²) in [5, 5.41) is 0.757. The van der Waals surface area contributed by atoms with Crippen molar-refractivity contribution in [2.45, 2.75) is 17.6 Å². The number of rotatable bonds is 3. The molecule has 0 atom stereocenters. The Bertz CT molecular complexity index is 724. The predicted octanol–water partition coefficient (Wildman–Crippen LogP) is 4.21. The molecule has 3 nitrogen and oxygen atoms in total. The molecule has 19 heavy (non-hydrogen) atoms. The van der Waals surface area contributed by atoms with E-state index in [9.17, 15) is 0 Å². The summed E-state index contributed by atoms with van der Waals surface area (Å²) in [6, 6.07) is 9.81. The number of aryl methyl sites for hydroxylation is 1. The van der Waals surface area contributed by atoms with Crippen LogP contribution in [0.4, 0.5) is 0 Å². The highest BCUT2D eigenvalue weighted by Crippen LogP contribution is 2.25. The van der Waals surface area contributed by atoms with Gasteiger partial charge in [-0.1, -0.05) is 17.7 Å². The lowest BCUT2D eigenvalue weighted by Gasteiger charge is -1.99. The van der Waals surface area contributed by atoms with Gasteiger partial charge in [-0.25, -0.2) is 9.97 Å². The van der Waals surface area contributed by atoms with Crippen molar-refractivity contribution < 1.29 is 0 Å². The molecule has 96 valence electrons. The van der Waals surface area contributed by atoms with Gasteiger partial charge in [0, 0.05) is 16.1 Å². The number of aromatic amines is 1. The van der Waals surface area contributed by atoms with Crippen molar-refractivity contribution in [1.29, 1.82) is 0 Å². The van der Waals surface area contributed by atoms with Gasteiger partial charge in [-0.15, -0.1) is 11.8 Å². The zero-order valence-electron chi connectivity index (χ0n) is 10.4. The van der Waals surface area contributed by atoms with Crippen molar-refractivity contribution in [3.63, 3.8) is 0 Å². The fraction of sp³-hybridized carbons (Fsp3) is 0.143. The first-order valence-corrected chi connectivity index (χ1v) is 7.27. The van der Waals surface area contributed by atoms with E-state index in [1.165, 1.54) is 0 Å². The number of fused-ring (bicyclic) bond motifs is 1. The Labute approximate surface area is 120 Å². The molecule has 0 radical (unpaired) electrons. The molecular formula is C14H12ClN3S. The maximum absolute atomic E-state index is 5.96. The number of nitrogens with one attached hydrogen (secondary N) is 1. The van der Waals surface area contributed by atoms with Gasteiger partial charge >= 0.3 is 0 Å². The molecule has 3 rings (SSSR count). The molecule has 0 bridgehead atoms. The smallest absolute Gasteiger partial charge is 0.177 e. The summed E-state index contributed by atoms with van der Waals surface area (Å²) in [6.45, 7) is 2.05. The minimum atomic E-state index is 0.757. The lowest BCUT2D eigenvalue weighted by molar-refractivity contribution is 1.13. The van der Waals surface area contributed by atoms with Crippen LogP contribution in [0.3, 0.4) is 0 Å². The Balaban J connectivity index is 1.80. The second-order valence-electron chi connectivity index (χ2n) is 4.26. The van der Waals surface area contributed by atoms with Crippen LogP contribution in [0.2, 0.25) is 5.02 Å². The second kappa shape index (κ2) is 5.23. The number of pyridine rings is 1. The first kappa shape index (κ1) is 12.5. The number of nitrogens with zero attached hydrogens (tertiary/aromatic N) is 2. The number of imidazole rings is 1. The van der Waals surface area contributed by atoms with E-state index in [0.29, 0.717) is 0 Å². The number of hydrogen-bond acceptors (Lipinski definition) is 3. The Morgan fingerprint density at radius 3 is 3.00 bits per heavy atom. The minimum absolute atomic E-state index is 0.757. The molecule has 2 heterocycles. The summed E-state index contributed by atoms with van der Waals surface area (Å²) in [6.07, 6.45) is 1.78. The van der Waals surface area contributed by atoms with E-state index in [0.717, 1.165) is 38.2 Å². The van der Waals surface area contributed by atoms with Crippen LogP contribution in [0.1, 0.15) is 11.4 Å². The average molecular weight is 290 g/mol. The number of H-pyrrole nitrogens is 1. The monoisotopic (exact) mass is 289 g/mol. The molecule has 0 aliphatic carbocycles. The zero-order valence-corrected chi connectivity index (χ0v) is 11.9. The quantitative estimate of drug-likeness (QED) is 0.734. The van der Waals surface area contributed by atoms with Crippen molar-refractivity contribution in [2.24, 2.45) is 0 Å². The van der Waals surface area contributed by atoms with Gasteiger partial charge in [-0.05, 0) is 36.8 Å². The molecule has 0 aliphatic heterocycles. The molecule has 1 aromatic carbocycles. The topological polar surface area (TPSA) is 41.6 Å². The van der Waals surface area contributed by atoms with Crippen LogP contribution in [-0.2, 0) is 5.75 Å². The molecule has 1 N–H and O–H groups in total. The van der Waals surface area contributed by atoms with Gasteiger partial charge in [0.1, 0.15) is 5.82 Å². The molecule has 0 unspecified atom stereocenters. The van der Waals surface area contributed by atoms with E-state index in [1.54, 1.807) is 18.0 Å². The summed E-state index contributed by atoms with van der Waals surface area (Å²) in [5.41, 5.74) is 2.96. The van der Waals surface area contributed by atoms with Crippen LogP contribution in [-0.4, -0.2) is 15.0 Å². The van der Waals surface area contributed by atoms with Crippen molar-refractivity contribution >= 4 is 34.5 Å². The molecule has 0 fully saturated rings. The zero-order chi connectivity index (χ0) is 13.2. The lowest BCUT2D eigenvalue weighted by atomic mass is 10.3. The highest BCUT2D eigenvalue weighted by Gasteiger charge is 2.06. The van der Waals surface area contributed by atoms with Crippen LogP contribution in [0.15, 0.2) is 41.4 Å². The highest BCUT2D eigenvalue weighted by molar-refractivity contribution is 7.98. The van der Waals surface area contributed by atoms with Gasteiger partial charge in [0.25, 0.3) is 0 Å². The van der Waals surface area contributed by atoms with E-state index in [2.05, 4.69) is 21.9 Å². The molecule has 3 aromatic rings. The first-order chi connectivity index (χ1) is 9.22. The van der Waals surface area contributed by atoms with Crippen molar-refractivity contribution in [3.05, 3.63) is 52.9 Å². The third-order valence-electron chi connectivity index (χ3n) is 2.82. The Hall–Kier alpha value is -1.52. The van der Waals surface area contributed by atoms with Gasteiger partial charge in [0.15, 0.2) is 5.65 Å². The Morgan fingerprint density at radius 1 is 1.32 bits per heavy atom. The summed E-state index contributed by atoms with van der Waals surface area (Å²) in [7, 11) is 0. The van der Waals surface area contributed by atoms with Crippen LogP contribution in [0.5, 0.6) is 0 Å². The normalized spacial score (nSPS) is 11.1. The molecule has 5 heteroatoms. The summed E-state index contributed by atoms with van der Waals surface area (Å²) in [4.78, 5) is 13.2. The summed E-state index contributed by atoms with van der Waals surface area (Å²) >= 11 is 7.67. The average Bonchev–Trinajstić information content (AvgIpc) is 2.81. The molecule has 2 aromatic heterocycles. The fourth-order valence-electron chi connectivity index (χ4n) is 1.86. The number of thioether (sulfide) groups is 1. The number of halogens is 1. The molecule has 0 amide bonds. The van der Waals surface area contributed by atoms with E-state index >= 15 is 0 Å². The standard InChI is InChI=1S/C14H12ClN3S/c1-9-5-6-16-14-13(9)17-12(18-14)8-19-11-4-2-3-10(15)7-11/h2-7H,8H2,1H3,(H,16,17,18). The number of hydrogen-bond donors (Lipinski definition) is 1. The van der Waals surface area contributed by atoms with E-state index in [-0.39, 0.29) is 0 Å². The maximum atomic E-state index is 5.96. The van der Waals surface area contributed by atoms with Gasteiger partial charge in [0.05, 0.1) is 11.3 Å².